The average Bonchev–Trinajstić information content (AvgIpc) is 2.67. The van der Waals surface area contributed by atoms with E-state index >= 15 is 0 Å². The van der Waals surface area contributed by atoms with Gasteiger partial charge < -0.3 is 22.5 Å². The molecule has 0 bridgehead atoms. The molecular weight excluding hydrogens is 294 g/mol. The summed E-state index contributed by atoms with van der Waals surface area (Å²) in [5, 5.41) is 0. The summed E-state index contributed by atoms with van der Waals surface area (Å²) >= 11 is 0. The summed E-state index contributed by atoms with van der Waals surface area (Å²) in [7, 11) is 0. The normalized spacial score (nSPS) is 10.4. The van der Waals surface area contributed by atoms with E-state index in [1.807, 2.05) is 24.4 Å². The molecular formula is C13H20BrN3O. The van der Waals surface area contributed by atoms with Crippen LogP contribution in [0.1, 0.15) is 26.5 Å². The second kappa shape index (κ2) is 6.66. The standard InChI is InChI=1S/C13H18N3.BrH.H2O/c1-13(2,3)16-9-8-15(11-16)10-12-6-4-5-7-14-12;;/h4-9,11H,10H2,1-3H3;1H;1H2/q+1;;/p-1. The van der Waals surface area contributed by atoms with Crippen LogP contribution < -0.4 is 21.5 Å². The zero-order valence-electron chi connectivity index (χ0n) is 11.0. The number of hydrogen-bond acceptors (Lipinski definition) is 1. The molecule has 2 aromatic heterocycles. The van der Waals surface area contributed by atoms with E-state index in [9.17, 15) is 0 Å². The molecule has 0 unspecified atom stereocenters. The van der Waals surface area contributed by atoms with Crippen LogP contribution in [-0.4, -0.2) is 15.0 Å². The fourth-order valence-electron chi connectivity index (χ4n) is 1.56. The van der Waals surface area contributed by atoms with Crippen molar-refractivity contribution in [2.75, 3.05) is 0 Å². The minimum atomic E-state index is 0. The third kappa shape index (κ3) is 4.23. The Morgan fingerprint density at radius 2 is 2.00 bits per heavy atom. The molecule has 0 amide bonds. The highest BCUT2D eigenvalue weighted by Gasteiger charge is 2.18. The van der Waals surface area contributed by atoms with Crippen LogP contribution >= 0.6 is 0 Å². The first-order chi connectivity index (χ1) is 7.55. The number of hydrogen-bond donors (Lipinski definition) is 0. The lowest BCUT2D eigenvalue weighted by atomic mass is 10.1. The Morgan fingerprint density at radius 3 is 2.50 bits per heavy atom. The van der Waals surface area contributed by atoms with Crippen LogP contribution in [0.25, 0.3) is 0 Å². The van der Waals surface area contributed by atoms with Crippen LogP contribution in [0.2, 0.25) is 0 Å². The zero-order valence-corrected chi connectivity index (χ0v) is 12.6. The molecule has 0 fully saturated rings. The van der Waals surface area contributed by atoms with Gasteiger partial charge in [-0.25, -0.2) is 9.13 Å². The van der Waals surface area contributed by atoms with Gasteiger partial charge in [-0.05, 0) is 32.9 Å². The highest BCUT2D eigenvalue weighted by molar-refractivity contribution is 5.01. The second-order valence-electron chi connectivity index (χ2n) is 4.99. The molecule has 2 heterocycles. The smallest absolute Gasteiger partial charge is 0.244 e. The molecule has 18 heavy (non-hydrogen) atoms. The van der Waals surface area contributed by atoms with Crippen LogP contribution in [0.4, 0.5) is 0 Å². The lowest BCUT2D eigenvalue weighted by Crippen LogP contribution is -3.00. The predicted octanol–water partition coefficient (Wildman–Crippen LogP) is -1.85. The van der Waals surface area contributed by atoms with Gasteiger partial charge >= 0.3 is 0 Å². The number of pyridine rings is 1. The maximum absolute atomic E-state index is 4.32. The van der Waals surface area contributed by atoms with Crippen molar-refractivity contribution in [1.82, 2.24) is 9.55 Å². The van der Waals surface area contributed by atoms with Crippen molar-refractivity contribution < 1.29 is 27.0 Å². The Hall–Kier alpha value is -1.20. The fraction of sp³-hybridized carbons (Fsp3) is 0.385. The van der Waals surface area contributed by atoms with E-state index in [1.54, 1.807) is 0 Å². The largest absolute Gasteiger partial charge is 1.00 e. The zero-order chi connectivity index (χ0) is 11.6. The second-order valence-corrected chi connectivity index (χ2v) is 4.99. The van der Waals surface area contributed by atoms with Gasteiger partial charge in [-0.2, -0.15) is 0 Å². The molecule has 0 spiro atoms. The summed E-state index contributed by atoms with van der Waals surface area (Å²) in [5.74, 6) is 0. The van der Waals surface area contributed by atoms with Gasteiger partial charge in [0.25, 0.3) is 0 Å². The van der Waals surface area contributed by atoms with Gasteiger partial charge in [-0.3, -0.25) is 4.98 Å². The van der Waals surface area contributed by atoms with E-state index < -0.39 is 0 Å². The lowest BCUT2D eigenvalue weighted by molar-refractivity contribution is -0.688. The molecule has 0 saturated carbocycles. The number of aromatic nitrogens is 3. The van der Waals surface area contributed by atoms with Gasteiger partial charge in [-0.15, -0.1) is 0 Å². The Morgan fingerprint density at radius 1 is 1.28 bits per heavy atom. The first-order valence-corrected chi connectivity index (χ1v) is 5.53. The van der Waals surface area contributed by atoms with E-state index in [1.165, 1.54) is 0 Å². The molecule has 4 nitrogen and oxygen atoms in total. The molecule has 0 saturated heterocycles. The predicted molar refractivity (Wildman–Crippen MR) is 66.6 cm³/mol. The Labute approximate surface area is 118 Å². The first-order valence-electron chi connectivity index (χ1n) is 5.53. The molecule has 0 aliphatic rings. The maximum atomic E-state index is 4.32. The highest BCUT2D eigenvalue weighted by atomic mass is 79.9. The Kier molecular flexibility index (Phi) is 6.21. The molecule has 2 rings (SSSR count). The Balaban J connectivity index is 0.00000144. The summed E-state index contributed by atoms with van der Waals surface area (Å²) < 4.78 is 4.35. The minimum Gasteiger partial charge on any atom is -1.00 e. The van der Waals surface area contributed by atoms with Crippen LogP contribution in [0.15, 0.2) is 43.1 Å². The van der Waals surface area contributed by atoms with Crippen LogP contribution in [0.3, 0.4) is 0 Å². The SMILES string of the molecule is CC(C)(C)n1cc[n+](Cc2ccccn2)c1.O.[Br-]. The number of nitrogens with zero attached hydrogens (tertiary/aromatic N) is 3. The van der Waals surface area contributed by atoms with Crippen molar-refractivity contribution >= 4 is 0 Å². The van der Waals surface area contributed by atoms with Gasteiger partial charge in [-0.1, -0.05) is 6.07 Å². The van der Waals surface area contributed by atoms with Crippen molar-refractivity contribution in [3.05, 3.63) is 48.8 Å². The van der Waals surface area contributed by atoms with E-state index in [0.29, 0.717) is 0 Å². The molecule has 0 radical (unpaired) electrons. The van der Waals surface area contributed by atoms with Crippen molar-refractivity contribution in [2.45, 2.75) is 32.9 Å². The fourth-order valence-corrected chi connectivity index (χ4v) is 1.56. The van der Waals surface area contributed by atoms with Crippen LogP contribution in [0.5, 0.6) is 0 Å². The lowest BCUT2D eigenvalue weighted by Gasteiger charge is -2.13. The van der Waals surface area contributed by atoms with Crippen molar-refractivity contribution in [3.8, 4) is 0 Å². The Bertz CT molecular complexity index is 463. The van der Waals surface area contributed by atoms with Crippen molar-refractivity contribution in [3.63, 3.8) is 0 Å². The third-order valence-corrected chi connectivity index (χ3v) is 2.54. The monoisotopic (exact) mass is 313 g/mol. The van der Waals surface area contributed by atoms with Crippen molar-refractivity contribution in [2.24, 2.45) is 0 Å². The molecule has 2 N–H and O–H groups in total. The third-order valence-electron chi connectivity index (χ3n) is 2.54. The van der Waals surface area contributed by atoms with E-state index in [2.05, 4.69) is 53.6 Å². The molecule has 5 heteroatoms. The quantitative estimate of drug-likeness (QED) is 0.601. The summed E-state index contributed by atoms with van der Waals surface area (Å²) in [4.78, 5) is 4.32. The minimum absolute atomic E-state index is 0. The molecule has 2 aromatic rings. The first kappa shape index (κ1) is 16.8. The summed E-state index contributed by atoms with van der Waals surface area (Å²) in [5.41, 5.74) is 1.22. The van der Waals surface area contributed by atoms with E-state index in [4.69, 9.17) is 0 Å². The number of halogens is 1. The van der Waals surface area contributed by atoms with Crippen molar-refractivity contribution in [1.29, 1.82) is 0 Å². The van der Waals surface area contributed by atoms with Gasteiger partial charge in [0.05, 0.1) is 5.69 Å². The van der Waals surface area contributed by atoms with Crippen LogP contribution in [0, 0.1) is 0 Å². The number of rotatable bonds is 2. The van der Waals surface area contributed by atoms with Gasteiger partial charge in [0.15, 0.2) is 0 Å². The summed E-state index contributed by atoms with van der Waals surface area (Å²) in [6.07, 6.45) is 8.13. The number of imidazole rings is 1. The maximum Gasteiger partial charge on any atom is 0.244 e. The van der Waals surface area contributed by atoms with Gasteiger partial charge in [0.1, 0.15) is 24.5 Å². The summed E-state index contributed by atoms with van der Waals surface area (Å²) in [6.45, 7) is 7.40. The van der Waals surface area contributed by atoms with E-state index in [0.717, 1.165) is 12.2 Å². The average molecular weight is 314 g/mol. The molecule has 0 aromatic carbocycles. The topological polar surface area (TPSA) is 53.2 Å². The molecule has 0 atom stereocenters. The van der Waals surface area contributed by atoms with E-state index in [-0.39, 0.29) is 28.0 Å². The molecule has 100 valence electrons. The highest BCUT2D eigenvalue weighted by Crippen LogP contribution is 2.11. The summed E-state index contributed by atoms with van der Waals surface area (Å²) in [6, 6.07) is 6.00. The molecule has 0 aliphatic carbocycles. The van der Waals surface area contributed by atoms with Crippen LogP contribution in [-0.2, 0) is 12.1 Å². The molecule has 0 aliphatic heterocycles. The van der Waals surface area contributed by atoms with Gasteiger partial charge in [0.2, 0.25) is 6.33 Å². The van der Waals surface area contributed by atoms with Gasteiger partial charge in [0, 0.05) is 6.20 Å².